The second kappa shape index (κ2) is 8.63. The molecule has 1 saturated carbocycles. The van der Waals surface area contributed by atoms with Crippen LogP contribution in [0.5, 0.6) is 0 Å². The molecule has 0 saturated heterocycles. The molecule has 7 heteroatoms. The largest absolute Gasteiger partial charge is 0.349 e. The van der Waals surface area contributed by atoms with E-state index < -0.39 is 10.0 Å². The van der Waals surface area contributed by atoms with E-state index in [0.29, 0.717) is 11.1 Å². The Kier molecular flexibility index (Phi) is 6.23. The van der Waals surface area contributed by atoms with Gasteiger partial charge in [-0.3, -0.25) is 4.79 Å². The highest BCUT2D eigenvalue weighted by Gasteiger charge is 2.20. The maximum atomic E-state index is 13.6. The first-order chi connectivity index (χ1) is 13.0. The van der Waals surface area contributed by atoms with E-state index in [9.17, 15) is 17.6 Å². The van der Waals surface area contributed by atoms with Crippen molar-refractivity contribution in [3.8, 4) is 0 Å². The number of carbonyl (C=O) groups excluding carboxylic acids is 1. The van der Waals surface area contributed by atoms with E-state index >= 15 is 0 Å². The number of carbonyl (C=O) groups is 1. The van der Waals surface area contributed by atoms with Crippen LogP contribution in [0.3, 0.4) is 0 Å². The maximum absolute atomic E-state index is 13.6. The van der Waals surface area contributed by atoms with Crippen LogP contribution in [-0.4, -0.2) is 26.9 Å². The fourth-order valence-corrected chi connectivity index (χ4v) is 4.33. The number of rotatable bonds is 7. The second-order valence-electron chi connectivity index (χ2n) is 6.72. The predicted octanol–water partition coefficient (Wildman–Crippen LogP) is 3.02. The summed E-state index contributed by atoms with van der Waals surface area (Å²) >= 11 is 0. The molecule has 0 spiro atoms. The Morgan fingerprint density at radius 3 is 2.56 bits per heavy atom. The van der Waals surface area contributed by atoms with Gasteiger partial charge in [0.15, 0.2) is 0 Å². The van der Waals surface area contributed by atoms with Gasteiger partial charge >= 0.3 is 0 Å². The lowest BCUT2D eigenvalue weighted by Crippen LogP contribution is -2.33. The molecule has 0 aromatic heterocycles. The van der Waals surface area contributed by atoms with Crippen LogP contribution in [-0.2, 0) is 16.4 Å². The quantitative estimate of drug-likeness (QED) is 0.763. The predicted molar refractivity (Wildman–Crippen MR) is 101 cm³/mol. The van der Waals surface area contributed by atoms with Crippen LogP contribution >= 0.6 is 0 Å². The van der Waals surface area contributed by atoms with Crippen molar-refractivity contribution in [2.45, 2.75) is 43.0 Å². The molecule has 144 valence electrons. The van der Waals surface area contributed by atoms with Crippen LogP contribution < -0.4 is 10.0 Å². The average Bonchev–Trinajstić information content (AvgIpc) is 3.16. The minimum absolute atomic E-state index is 0.0232. The third-order valence-corrected chi connectivity index (χ3v) is 6.20. The van der Waals surface area contributed by atoms with Crippen LogP contribution in [0, 0.1) is 5.82 Å². The zero-order valence-electron chi connectivity index (χ0n) is 14.9. The smallest absolute Gasteiger partial charge is 0.251 e. The average molecular weight is 390 g/mol. The first kappa shape index (κ1) is 19.5. The van der Waals surface area contributed by atoms with Crippen molar-refractivity contribution in [1.29, 1.82) is 0 Å². The molecule has 3 rings (SSSR count). The van der Waals surface area contributed by atoms with E-state index in [0.717, 1.165) is 25.7 Å². The van der Waals surface area contributed by atoms with Crippen molar-refractivity contribution in [1.82, 2.24) is 10.0 Å². The summed E-state index contributed by atoms with van der Waals surface area (Å²) in [6.07, 6.45) is 4.37. The fourth-order valence-electron chi connectivity index (χ4n) is 3.25. The molecule has 2 aromatic rings. The summed E-state index contributed by atoms with van der Waals surface area (Å²) in [6.45, 7) is 0.0712. The molecule has 0 heterocycles. The van der Waals surface area contributed by atoms with Crippen LogP contribution in [0.2, 0.25) is 0 Å². The van der Waals surface area contributed by atoms with Crippen molar-refractivity contribution >= 4 is 15.9 Å². The number of hydrogen-bond acceptors (Lipinski definition) is 3. The summed E-state index contributed by atoms with van der Waals surface area (Å²) in [5.41, 5.74) is 0.767. The highest BCUT2D eigenvalue weighted by Crippen LogP contribution is 2.19. The summed E-state index contributed by atoms with van der Waals surface area (Å²) in [5.74, 6) is -0.618. The molecular formula is C20H23FN2O3S. The molecule has 27 heavy (non-hydrogen) atoms. The van der Waals surface area contributed by atoms with E-state index in [4.69, 9.17) is 0 Å². The molecule has 0 unspecified atom stereocenters. The number of amides is 1. The van der Waals surface area contributed by atoms with Gasteiger partial charge in [-0.25, -0.2) is 17.5 Å². The lowest BCUT2D eigenvalue weighted by molar-refractivity contribution is 0.0937. The second-order valence-corrected chi connectivity index (χ2v) is 8.49. The zero-order valence-corrected chi connectivity index (χ0v) is 15.8. The molecule has 0 atom stereocenters. The molecule has 1 aliphatic rings. The fraction of sp³-hybridized carbons (Fsp3) is 0.350. The van der Waals surface area contributed by atoms with Gasteiger partial charge in [0.25, 0.3) is 5.91 Å². The minimum Gasteiger partial charge on any atom is -0.349 e. The zero-order chi connectivity index (χ0) is 19.3. The maximum Gasteiger partial charge on any atom is 0.251 e. The molecule has 2 N–H and O–H groups in total. The van der Waals surface area contributed by atoms with E-state index in [-0.39, 0.29) is 35.6 Å². The molecule has 0 bridgehead atoms. The third kappa shape index (κ3) is 5.14. The van der Waals surface area contributed by atoms with Crippen molar-refractivity contribution in [2.24, 2.45) is 0 Å². The molecule has 1 fully saturated rings. The lowest BCUT2D eigenvalue weighted by Gasteiger charge is -2.13. The Balaban J connectivity index is 1.63. The molecule has 0 radical (unpaired) electrons. The van der Waals surface area contributed by atoms with Gasteiger partial charge in [0.1, 0.15) is 5.82 Å². The molecule has 1 aliphatic carbocycles. The van der Waals surface area contributed by atoms with E-state index in [2.05, 4.69) is 10.0 Å². The van der Waals surface area contributed by atoms with Gasteiger partial charge in [-0.15, -0.1) is 0 Å². The number of sulfonamides is 1. The number of benzene rings is 2. The van der Waals surface area contributed by atoms with Crippen LogP contribution in [0.25, 0.3) is 0 Å². The highest BCUT2D eigenvalue weighted by molar-refractivity contribution is 7.89. The van der Waals surface area contributed by atoms with Crippen LogP contribution in [0.15, 0.2) is 53.4 Å². The Hall–Kier alpha value is -2.25. The monoisotopic (exact) mass is 390 g/mol. The van der Waals surface area contributed by atoms with Gasteiger partial charge in [-0.05, 0) is 49.1 Å². The molecular weight excluding hydrogens is 367 g/mol. The third-order valence-electron chi connectivity index (χ3n) is 4.74. The summed E-state index contributed by atoms with van der Waals surface area (Å²) in [4.78, 5) is 12.4. The van der Waals surface area contributed by atoms with E-state index in [1.54, 1.807) is 30.3 Å². The topological polar surface area (TPSA) is 75.3 Å². The minimum atomic E-state index is -3.78. The Morgan fingerprint density at radius 1 is 1.07 bits per heavy atom. The van der Waals surface area contributed by atoms with Gasteiger partial charge in [0.2, 0.25) is 10.0 Å². The molecule has 1 amide bonds. The Morgan fingerprint density at radius 2 is 1.81 bits per heavy atom. The standard InChI is InChI=1S/C20H23FN2O3S/c21-19-11-4-1-6-15(19)12-13-22-27(25,26)18-10-5-7-16(14-18)20(24)23-17-8-2-3-9-17/h1,4-7,10-11,14,17,22H,2-3,8-9,12-13H2,(H,23,24). The van der Waals surface area contributed by atoms with Gasteiger partial charge < -0.3 is 5.32 Å². The van der Waals surface area contributed by atoms with Gasteiger partial charge in [-0.1, -0.05) is 37.1 Å². The van der Waals surface area contributed by atoms with Crippen LogP contribution in [0.4, 0.5) is 4.39 Å². The summed E-state index contributed by atoms with van der Waals surface area (Å²) in [7, 11) is -3.78. The Labute approximate surface area is 159 Å². The Bertz CT molecular complexity index is 909. The first-order valence-electron chi connectivity index (χ1n) is 9.10. The lowest BCUT2D eigenvalue weighted by atomic mass is 10.1. The first-order valence-corrected chi connectivity index (χ1v) is 10.6. The van der Waals surface area contributed by atoms with Crippen molar-refractivity contribution in [2.75, 3.05) is 6.54 Å². The van der Waals surface area contributed by atoms with Crippen molar-refractivity contribution in [3.05, 3.63) is 65.5 Å². The van der Waals surface area contributed by atoms with Gasteiger partial charge in [0.05, 0.1) is 4.90 Å². The number of hydrogen-bond donors (Lipinski definition) is 2. The van der Waals surface area contributed by atoms with E-state index in [1.807, 2.05) is 0 Å². The highest BCUT2D eigenvalue weighted by atomic mass is 32.2. The van der Waals surface area contributed by atoms with Crippen molar-refractivity contribution in [3.63, 3.8) is 0 Å². The summed E-state index contributed by atoms with van der Waals surface area (Å²) in [5, 5.41) is 2.95. The molecule has 0 aliphatic heterocycles. The number of halogens is 1. The normalized spacial score (nSPS) is 15.0. The summed E-state index contributed by atoms with van der Waals surface area (Å²) in [6, 6.07) is 12.4. The molecule has 5 nitrogen and oxygen atoms in total. The van der Waals surface area contributed by atoms with Crippen LogP contribution in [0.1, 0.15) is 41.6 Å². The van der Waals surface area contributed by atoms with E-state index in [1.165, 1.54) is 18.2 Å². The van der Waals surface area contributed by atoms with Gasteiger partial charge in [0, 0.05) is 18.2 Å². The molecule has 2 aromatic carbocycles. The summed E-state index contributed by atoms with van der Waals surface area (Å²) < 4.78 is 41.1. The SMILES string of the molecule is O=C(NC1CCCC1)c1cccc(S(=O)(=O)NCCc2ccccc2F)c1. The number of nitrogens with one attached hydrogen (secondary N) is 2. The van der Waals surface area contributed by atoms with Gasteiger partial charge in [-0.2, -0.15) is 0 Å². The van der Waals surface area contributed by atoms with Crippen molar-refractivity contribution < 1.29 is 17.6 Å².